The minimum atomic E-state index is -0.514. The van der Waals surface area contributed by atoms with E-state index in [0.29, 0.717) is 28.0 Å². The molecule has 1 aromatic carbocycles. The number of H-pyrrole nitrogens is 1. The summed E-state index contributed by atoms with van der Waals surface area (Å²) in [5.74, 6) is 0.0663. The monoisotopic (exact) mass is 377 g/mol. The maximum atomic E-state index is 12.0. The zero-order valence-electron chi connectivity index (χ0n) is 12.1. The lowest BCUT2D eigenvalue weighted by molar-refractivity contribution is 0.0467. The quantitative estimate of drug-likeness (QED) is 0.557. The van der Waals surface area contributed by atoms with Gasteiger partial charge in [0.05, 0.1) is 7.11 Å². The molecule has 0 amide bonds. The Kier molecular flexibility index (Phi) is 4.20. The number of benzene rings is 1. The highest BCUT2D eigenvalue weighted by Gasteiger charge is 2.12. The summed E-state index contributed by atoms with van der Waals surface area (Å²) in [5.41, 5.74) is 0.758. The van der Waals surface area contributed by atoms with Gasteiger partial charge in [-0.1, -0.05) is 0 Å². The molecule has 23 heavy (non-hydrogen) atoms. The van der Waals surface area contributed by atoms with Crippen LogP contribution in [0, 0.1) is 0 Å². The molecule has 2 heterocycles. The number of aromatic nitrogens is 1. The molecule has 0 aliphatic carbocycles. The average molecular weight is 378 g/mol. The van der Waals surface area contributed by atoms with Gasteiger partial charge in [0.2, 0.25) is 0 Å². The van der Waals surface area contributed by atoms with E-state index in [4.69, 9.17) is 13.9 Å². The van der Waals surface area contributed by atoms with Crippen LogP contribution >= 0.6 is 15.9 Å². The summed E-state index contributed by atoms with van der Waals surface area (Å²) < 4.78 is 16.3. The van der Waals surface area contributed by atoms with E-state index in [2.05, 4.69) is 20.9 Å². The van der Waals surface area contributed by atoms with Crippen molar-refractivity contribution in [3.05, 3.63) is 62.7 Å². The van der Waals surface area contributed by atoms with Crippen molar-refractivity contribution in [3.8, 4) is 5.75 Å². The molecule has 0 fully saturated rings. The second-order valence-electron chi connectivity index (χ2n) is 4.76. The summed E-state index contributed by atoms with van der Waals surface area (Å²) in [4.78, 5) is 26.4. The number of esters is 1. The van der Waals surface area contributed by atoms with Crippen molar-refractivity contribution < 1.29 is 18.7 Å². The van der Waals surface area contributed by atoms with Crippen LogP contribution in [-0.4, -0.2) is 18.1 Å². The molecule has 0 spiro atoms. The highest BCUT2D eigenvalue weighted by atomic mass is 79.9. The fraction of sp³-hybridized carbons (Fsp3) is 0.125. The van der Waals surface area contributed by atoms with Crippen LogP contribution in [0.5, 0.6) is 5.75 Å². The van der Waals surface area contributed by atoms with Gasteiger partial charge in [-0.2, -0.15) is 0 Å². The minimum absolute atomic E-state index is 0.0378. The van der Waals surface area contributed by atoms with Crippen molar-refractivity contribution in [1.29, 1.82) is 0 Å². The zero-order valence-corrected chi connectivity index (χ0v) is 13.7. The van der Waals surface area contributed by atoms with Crippen LogP contribution in [-0.2, 0) is 11.3 Å². The molecule has 0 bridgehead atoms. The molecule has 0 aliphatic heterocycles. The van der Waals surface area contributed by atoms with Gasteiger partial charge in [-0.3, -0.25) is 0 Å². The van der Waals surface area contributed by atoms with Crippen LogP contribution in [0.4, 0.5) is 0 Å². The van der Waals surface area contributed by atoms with Crippen LogP contribution in [0.1, 0.15) is 16.1 Å². The third-order valence-corrected chi connectivity index (χ3v) is 3.72. The average Bonchev–Trinajstić information content (AvgIpc) is 2.98. The van der Waals surface area contributed by atoms with Crippen molar-refractivity contribution in [3.63, 3.8) is 0 Å². The summed E-state index contributed by atoms with van der Waals surface area (Å²) in [7, 11) is 1.53. The Morgan fingerprint density at radius 3 is 2.83 bits per heavy atom. The van der Waals surface area contributed by atoms with E-state index in [1.54, 1.807) is 30.5 Å². The molecular weight excluding hydrogens is 366 g/mol. The number of fused-ring (bicyclic) bond motifs is 1. The molecule has 0 aliphatic rings. The summed E-state index contributed by atoms with van der Waals surface area (Å²) in [6, 6.07) is 8.04. The molecule has 0 radical (unpaired) electrons. The van der Waals surface area contributed by atoms with Crippen molar-refractivity contribution in [2.24, 2.45) is 0 Å². The van der Waals surface area contributed by atoms with E-state index < -0.39 is 11.6 Å². The Balaban J connectivity index is 1.87. The fourth-order valence-corrected chi connectivity index (χ4v) is 2.51. The van der Waals surface area contributed by atoms with Gasteiger partial charge >= 0.3 is 11.6 Å². The lowest BCUT2D eigenvalue weighted by atomic mass is 10.1. The highest BCUT2D eigenvalue weighted by molar-refractivity contribution is 9.10. The first-order valence-electron chi connectivity index (χ1n) is 6.68. The number of hydrogen-bond acceptors (Lipinski definition) is 5. The Morgan fingerprint density at radius 1 is 1.30 bits per heavy atom. The lowest BCUT2D eigenvalue weighted by Gasteiger charge is -2.07. The van der Waals surface area contributed by atoms with Gasteiger partial charge < -0.3 is 18.9 Å². The molecule has 7 heteroatoms. The number of rotatable bonds is 4. The molecule has 0 saturated heterocycles. The van der Waals surface area contributed by atoms with Gasteiger partial charge in [0, 0.05) is 33.8 Å². The number of methoxy groups -OCH3 is 1. The molecule has 0 atom stereocenters. The van der Waals surface area contributed by atoms with E-state index in [1.807, 2.05) is 0 Å². The predicted octanol–water partition coefficient (Wildman–Crippen LogP) is 3.25. The lowest BCUT2D eigenvalue weighted by Crippen LogP contribution is -2.08. The van der Waals surface area contributed by atoms with Gasteiger partial charge in [0.15, 0.2) is 0 Å². The van der Waals surface area contributed by atoms with Crippen molar-refractivity contribution in [2.75, 3.05) is 7.11 Å². The second-order valence-corrected chi connectivity index (χ2v) is 5.68. The van der Waals surface area contributed by atoms with Crippen LogP contribution in [0.25, 0.3) is 11.0 Å². The third-order valence-electron chi connectivity index (χ3n) is 3.26. The highest BCUT2D eigenvalue weighted by Crippen LogP contribution is 2.23. The molecule has 2 aromatic heterocycles. The number of aromatic amines is 1. The Morgan fingerprint density at radius 2 is 2.13 bits per heavy atom. The first-order valence-corrected chi connectivity index (χ1v) is 7.48. The maximum Gasteiger partial charge on any atom is 0.355 e. The summed E-state index contributed by atoms with van der Waals surface area (Å²) >= 11 is 3.25. The summed E-state index contributed by atoms with van der Waals surface area (Å²) in [6.07, 6.45) is 1.63. The van der Waals surface area contributed by atoms with E-state index >= 15 is 0 Å². The minimum Gasteiger partial charge on any atom is -0.497 e. The van der Waals surface area contributed by atoms with E-state index in [-0.39, 0.29) is 6.61 Å². The summed E-state index contributed by atoms with van der Waals surface area (Å²) in [5, 5.41) is 0.686. The SMILES string of the molecule is COc1ccc2c(COC(=O)c3cc(Br)c[nH]3)cc(=O)oc2c1. The summed E-state index contributed by atoms with van der Waals surface area (Å²) in [6.45, 7) is -0.0378. The van der Waals surface area contributed by atoms with Crippen LogP contribution in [0.3, 0.4) is 0 Å². The molecule has 3 aromatic rings. The largest absolute Gasteiger partial charge is 0.497 e. The fourth-order valence-electron chi connectivity index (χ4n) is 2.16. The Labute approximate surface area is 139 Å². The topological polar surface area (TPSA) is 81.5 Å². The van der Waals surface area contributed by atoms with Crippen LogP contribution < -0.4 is 10.4 Å². The van der Waals surface area contributed by atoms with Gasteiger partial charge in [0.25, 0.3) is 0 Å². The zero-order chi connectivity index (χ0) is 16.4. The Bertz CT molecular complexity index is 928. The maximum absolute atomic E-state index is 12.0. The smallest absolute Gasteiger partial charge is 0.355 e. The van der Waals surface area contributed by atoms with Crippen molar-refractivity contribution in [2.45, 2.75) is 6.61 Å². The standard InChI is InChI=1S/C16H12BrNO5/c1-21-11-2-3-12-9(4-15(19)23-14(12)6-11)8-22-16(20)13-5-10(17)7-18-13/h2-7,18H,8H2,1H3. The molecule has 1 N–H and O–H groups in total. The van der Waals surface area contributed by atoms with E-state index in [0.717, 1.165) is 4.47 Å². The first kappa shape index (κ1) is 15.4. The second kappa shape index (κ2) is 6.29. The van der Waals surface area contributed by atoms with Gasteiger partial charge in [-0.05, 0) is 34.1 Å². The number of halogens is 1. The van der Waals surface area contributed by atoms with E-state index in [1.165, 1.54) is 13.2 Å². The molecule has 3 rings (SSSR count). The normalized spacial score (nSPS) is 10.7. The molecule has 0 saturated carbocycles. The first-order chi connectivity index (χ1) is 11.1. The Hall–Kier alpha value is -2.54. The molecule has 118 valence electrons. The van der Waals surface area contributed by atoms with Crippen LogP contribution in [0.15, 0.2) is 50.2 Å². The van der Waals surface area contributed by atoms with Crippen LogP contribution in [0.2, 0.25) is 0 Å². The third kappa shape index (κ3) is 3.29. The van der Waals surface area contributed by atoms with Gasteiger partial charge in [0.1, 0.15) is 23.6 Å². The predicted molar refractivity (Wildman–Crippen MR) is 86.6 cm³/mol. The molecular formula is C16H12BrNO5. The van der Waals surface area contributed by atoms with E-state index in [9.17, 15) is 9.59 Å². The van der Waals surface area contributed by atoms with Crippen molar-refractivity contribution in [1.82, 2.24) is 4.98 Å². The van der Waals surface area contributed by atoms with Crippen molar-refractivity contribution >= 4 is 32.9 Å². The number of ether oxygens (including phenoxy) is 2. The van der Waals surface area contributed by atoms with Gasteiger partial charge in [-0.25, -0.2) is 9.59 Å². The number of carbonyl (C=O) groups is 1. The number of carbonyl (C=O) groups excluding carboxylic acids is 1. The molecule has 6 nitrogen and oxygen atoms in total. The number of nitrogens with one attached hydrogen (secondary N) is 1. The van der Waals surface area contributed by atoms with Gasteiger partial charge in [-0.15, -0.1) is 0 Å². The molecule has 0 unspecified atom stereocenters. The number of hydrogen-bond donors (Lipinski definition) is 1.